The molecular weight excluding hydrogens is 508 g/mol. The zero-order chi connectivity index (χ0) is 28.2. The minimum atomic E-state index is -0.707. The monoisotopic (exact) mass is 548 g/mol. The Bertz CT molecular complexity index is 1270. The summed E-state index contributed by atoms with van der Waals surface area (Å²) >= 11 is 0. The fourth-order valence-electron chi connectivity index (χ4n) is 5.66. The number of nitrogens with zero attached hydrogens (tertiary/aromatic N) is 2. The van der Waals surface area contributed by atoms with Crippen molar-refractivity contribution >= 4 is 17.4 Å². The smallest absolute Gasteiger partial charge is 0.295 e. The molecule has 2 aromatic carbocycles. The molecular formula is C32H40N2O6. The average molecular weight is 549 g/mol. The molecule has 2 saturated heterocycles. The van der Waals surface area contributed by atoms with Crippen molar-refractivity contribution in [1.29, 1.82) is 0 Å². The molecule has 2 aromatic rings. The van der Waals surface area contributed by atoms with Crippen LogP contribution in [0.5, 0.6) is 11.5 Å². The summed E-state index contributed by atoms with van der Waals surface area (Å²) in [5, 5.41) is 11.5. The molecule has 8 heteroatoms. The van der Waals surface area contributed by atoms with Crippen molar-refractivity contribution in [1.82, 2.24) is 9.80 Å². The fourth-order valence-corrected chi connectivity index (χ4v) is 5.66. The van der Waals surface area contributed by atoms with Crippen molar-refractivity contribution in [3.63, 3.8) is 0 Å². The number of carbonyl (C=O) groups excluding carboxylic acids is 2. The van der Waals surface area contributed by atoms with E-state index in [4.69, 9.17) is 14.2 Å². The van der Waals surface area contributed by atoms with Crippen molar-refractivity contribution < 1.29 is 28.9 Å². The zero-order valence-corrected chi connectivity index (χ0v) is 23.7. The third-order valence-corrected chi connectivity index (χ3v) is 7.82. The quantitative estimate of drug-likeness (QED) is 0.264. The number of aliphatic hydroxyl groups excluding tert-OH is 1. The van der Waals surface area contributed by atoms with Crippen LogP contribution in [-0.4, -0.2) is 78.7 Å². The lowest BCUT2D eigenvalue weighted by molar-refractivity contribution is -0.140. The molecule has 1 N–H and O–H groups in total. The van der Waals surface area contributed by atoms with Gasteiger partial charge >= 0.3 is 0 Å². The maximum atomic E-state index is 13.5. The van der Waals surface area contributed by atoms with E-state index >= 15 is 0 Å². The van der Waals surface area contributed by atoms with Crippen molar-refractivity contribution in [2.24, 2.45) is 5.92 Å². The van der Waals surface area contributed by atoms with E-state index in [-0.39, 0.29) is 17.4 Å². The van der Waals surface area contributed by atoms with Crippen LogP contribution in [0, 0.1) is 5.92 Å². The number of ether oxygens (including phenoxy) is 3. The lowest BCUT2D eigenvalue weighted by Gasteiger charge is -2.29. The van der Waals surface area contributed by atoms with Gasteiger partial charge in [-0.1, -0.05) is 26.0 Å². The van der Waals surface area contributed by atoms with E-state index in [2.05, 4.69) is 18.7 Å². The molecule has 2 atom stereocenters. The first-order valence-electron chi connectivity index (χ1n) is 14.4. The standard InChI is InChI=1S/C32H40N2O6/c1-21(2)10-15-39-26-7-4-6-23(20-26)29-28(30(35)24-8-9-27-25(19-24)18-22(3)40-27)31(36)32(37)34(29)12-5-11-33-13-16-38-17-14-33/h4,6-9,19-22,29,35H,5,10-18H2,1-3H3/b30-28-. The highest BCUT2D eigenvalue weighted by atomic mass is 16.5. The van der Waals surface area contributed by atoms with Gasteiger partial charge in [-0.3, -0.25) is 14.5 Å². The number of likely N-dealkylation sites (tertiary alicyclic amines) is 1. The number of amides is 1. The number of benzene rings is 2. The Labute approximate surface area is 236 Å². The predicted octanol–water partition coefficient (Wildman–Crippen LogP) is 4.58. The molecule has 3 heterocycles. The molecule has 0 radical (unpaired) electrons. The van der Waals surface area contributed by atoms with E-state index in [9.17, 15) is 14.7 Å². The molecule has 0 aliphatic carbocycles. The zero-order valence-electron chi connectivity index (χ0n) is 23.7. The number of hydrogen-bond acceptors (Lipinski definition) is 7. The maximum absolute atomic E-state index is 13.5. The van der Waals surface area contributed by atoms with Crippen LogP contribution in [0.4, 0.5) is 0 Å². The SMILES string of the molecule is CC(C)CCOc1cccc(C2/C(=C(/O)c3ccc4c(c3)CC(C)O4)C(=O)C(=O)N2CCCN2CCOCC2)c1. The summed E-state index contributed by atoms with van der Waals surface area (Å²) in [6, 6.07) is 12.3. The van der Waals surface area contributed by atoms with Gasteiger partial charge in [-0.15, -0.1) is 0 Å². The molecule has 1 amide bonds. The molecule has 3 aliphatic heterocycles. The first kappa shape index (κ1) is 28.2. The van der Waals surface area contributed by atoms with Crippen molar-refractivity contribution in [3.8, 4) is 11.5 Å². The normalized spacial score (nSPS) is 22.6. The molecule has 0 aromatic heterocycles. The summed E-state index contributed by atoms with van der Waals surface area (Å²) in [4.78, 5) is 30.9. The second-order valence-electron chi connectivity index (χ2n) is 11.4. The van der Waals surface area contributed by atoms with Crippen LogP contribution in [0.3, 0.4) is 0 Å². The van der Waals surface area contributed by atoms with E-state index < -0.39 is 17.7 Å². The summed E-state index contributed by atoms with van der Waals surface area (Å²) in [6.07, 6.45) is 2.42. The van der Waals surface area contributed by atoms with E-state index in [0.717, 1.165) is 49.4 Å². The minimum absolute atomic E-state index is 0.0582. The van der Waals surface area contributed by atoms with Crippen LogP contribution < -0.4 is 9.47 Å². The summed E-state index contributed by atoms with van der Waals surface area (Å²) in [5.74, 6) is 0.578. The van der Waals surface area contributed by atoms with Gasteiger partial charge in [0.15, 0.2) is 0 Å². The van der Waals surface area contributed by atoms with Crippen LogP contribution in [0.25, 0.3) is 5.76 Å². The van der Waals surface area contributed by atoms with Gasteiger partial charge < -0.3 is 24.2 Å². The van der Waals surface area contributed by atoms with Gasteiger partial charge in [-0.25, -0.2) is 0 Å². The van der Waals surface area contributed by atoms with Gasteiger partial charge in [0.1, 0.15) is 23.4 Å². The third-order valence-electron chi connectivity index (χ3n) is 7.82. The molecule has 3 aliphatic rings. The van der Waals surface area contributed by atoms with Gasteiger partial charge in [0.05, 0.1) is 31.4 Å². The van der Waals surface area contributed by atoms with E-state index in [1.54, 1.807) is 11.0 Å². The lowest BCUT2D eigenvalue weighted by Crippen LogP contribution is -2.38. The maximum Gasteiger partial charge on any atom is 0.295 e. The lowest BCUT2D eigenvalue weighted by atomic mass is 9.94. The molecule has 0 spiro atoms. The average Bonchev–Trinajstić information content (AvgIpc) is 3.44. The summed E-state index contributed by atoms with van der Waals surface area (Å²) < 4.78 is 17.3. The van der Waals surface area contributed by atoms with Crippen LogP contribution in [0.1, 0.15) is 56.3 Å². The third kappa shape index (κ3) is 6.18. The highest BCUT2D eigenvalue weighted by molar-refractivity contribution is 6.46. The van der Waals surface area contributed by atoms with E-state index in [0.29, 0.717) is 50.0 Å². The second-order valence-corrected chi connectivity index (χ2v) is 11.4. The van der Waals surface area contributed by atoms with Crippen LogP contribution in [-0.2, 0) is 20.7 Å². The minimum Gasteiger partial charge on any atom is -0.507 e. The first-order valence-corrected chi connectivity index (χ1v) is 14.4. The van der Waals surface area contributed by atoms with Gasteiger partial charge in [0.25, 0.3) is 11.7 Å². The van der Waals surface area contributed by atoms with Gasteiger partial charge in [0.2, 0.25) is 0 Å². The molecule has 5 rings (SSSR count). The number of morpholine rings is 1. The predicted molar refractivity (Wildman–Crippen MR) is 153 cm³/mol. The number of Topliss-reactive ketones (excluding diaryl/α,β-unsaturated/α-hetero) is 1. The molecule has 40 heavy (non-hydrogen) atoms. The van der Waals surface area contributed by atoms with E-state index in [1.807, 2.05) is 43.3 Å². The van der Waals surface area contributed by atoms with E-state index in [1.165, 1.54) is 0 Å². The van der Waals surface area contributed by atoms with Crippen molar-refractivity contribution in [2.45, 2.75) is 52.2 Å². The van der Waals surface area contributed by atoms with Gasteiger partial charge in [-0.05, 0) is 67.1 Å². The van der Waals surface area contributed by atoms with Crippen molar-refractivity contribution in [3.05, 3.63) is 64.7 Å². The summed E-state index contributed by atoms with van der Waals surface area (Å²) in [5.41, 5.74) is 2.35. The summed E-state index contributed by atoms with van der Waals surface area (Å²) in [6.45, 7) is 11.2. The number of hydrogen-bond donors (Lipinski definition) is 1. The number of rotatable bonds is 10. The van der Waals surface area contributed by atoms with Crippen LogP contribution in [0.2, 0.25) is 0 Å². The Balaban J connectivity index is 1.47. The fraction of sp³-hybridized carbons (Fsp3) is 0.500. The van der Waals surface area contributed by atoms with Gasteiger partial charge in [0, 0.05) is 38.2 Å². The largest absolute Gasteiger partial charge is 0.507 e. The Morgan fingerprint density at radius 2 is 1.90 bits per heavy atom. The molecule has 214 valence electrons. The van der Waals surface area contributed by atoms with Crippen molar-refractivity contribution in [2.75, 3.05) is 46.0 Å². The number of fused-ring (bicyclic) bond motifs is 1. The number of carbonyl (C=O) groups is 2. The molecule has 0 bridgehead atoms. The first-order chi connectivity index (χ1) is 19.3. The molecule has 0 saturated carbocycles. The molecule has 2 unspecified atom stereocenters. The van der Waals surface area contributed by atoms with Crippen LogP contribution in [0.15, 0.2) is 48.0 Å². The highest BCUT2D eigenvalue weighted by Crippen LogP contribution is 2.41. The Morgan fingerprint density at radius 3 is 2.67 bits per heavy atom. The Morgan fingerprint density at radius 1 is 1.10 bits per heavy atom. The van der Waals surface area contributed by atoms with Crippen LogP contribution >= 0.6 is 0 Å². The molecule has 8 nitrogen and oxygen atoms in total. The number of aliphatic hydroxyl groups is 1. The van der Waals surface area contributed by atoms with Gasteiger partial charge in [-0.2, -0.15) is 0 Å². The Hall–Kier alpha value is -3.36. The highest BCUT2D eigenvalue weighted by Gasteiger charge is 2.46. The second kappa shape index (κ2) is 12.4. The topological polar surface area (TPSA) is 88.5 Å². The summed E-state index contributed by atoms with van der Waals surface area (Å²) in [7, 11) is 0. The Kier molecular flexibility index (Phi) is 8.76. The number of ketones is 1. The molecule has 2 fully saturated rings.